The first-order valence-corrected chi connectivity index (χ1v) is 6.27. The van der Waals surface area contributed by atoms with Crippen molar-refractivity contribution in [2.75, 3.05) is 0 Å². The Balaban J connectivity index is 2.11. The first kappa shape index (κ1) is 12.0. The van der Waals surface area contributed by atoms with Crippen molar-refractivity contribution in [3.05, 3.63) is 54.1 Å². The van der Waals surface area contributed by atoms with Gasteiger partial charge in [0.2, 0.25) is 0 Å². The van der Waals surface area contributed by atoms with Crippen LogP contribution < -0.4 is 0 Å². The third kappa shape index (κ3) is 2.29. The average molecular weight is 277 g/mol. The molecule has 0 saturated carbocycles. The standard InChI is InChI=1S/C13H10ClFN4/c14-6-13-18-11-5-9(15)1-2-12(11)19(13)7-10-3-4-16-8-17-10/h1-5,8H,6-7H2. The van der Waals surface area contributed by atoms with E-state index in [9.17, 15) is 4.39 Å². The van der Waals surface area contributed by atoms with E-state index in [1.807, 2.05) is 10.6 Å². The topological polar surface area (TPSA) is 43.6 Å². The molecule has 1 aromatic carbocycles. The van der Waals surface area contributed by atoms with Gasteiger partial charge in [-0.2, -0.15) is 0 Å². The summed E-state index contributed by atoms with van der Waals surface area (Å²) >= 11 is 5.90. The number of alkyl halides is 1. The van der Waals surface area contributed by atoms with E-state index >= 15 is 0 Å². The van der Waals surface area contributed by atoms with Gasteiger partial charge >= 0.3 is 0 Å². The lowest BCUT2D eigenvalue weighted by Crippen LogP contribution is -2.05. The number of hydrogen-bond acceptors (Lipinski definition) is 3. The molecule has 0 spiro atoms. The van der Waals surface area contributed by atoms with Gasteiger partial charge in [-0.15, -0.1) is 11.6 Å². The van der Waals surface area contributed by atoms with Crippen LogP contribution >= 0.6 is 11.6 Å². The van der Waals surface area contributed by atoms with Crippen LogP contribution in [0.2, 0.25) is 0 Å². The van der Waals surface area contributed by atoms with Gasteiger partial charge in [0.05, 0.1) is 29.2 Å². The van der Waals surface area contributed by atoms with Crippen molar-refractivity contribution in [2.24, 2.45) is 0 Å². The van der Waals surface area contributed by atoms with Crippen LogP contribution in [0.3, 0.4) is 0 Å². The molecule has 0 bridgehead atoms. The Labute approximate surface area is 113 Å². The van der Waals surface area contributed by atoms with Crippen molar-refractivity contribution in [3.63, 3.8) is 0 Å². The maximum absolute atomic E-state index is 13.2. The molecule has 0 aliphatic rings. The van der Waals surface area contributed by atoms with Crippen LogP contribution in [0.4, 0.5) is 4.39 Å². The lowest BCUT2D eigenvalue weighted by Gasteiger charge is -2.06. The Morgan fingerprint density at radius 1 is 1.26 bits per heavy atom. The number of fused-ring (bicyclic) bond motifs is 1. The summed E-state index contributed by atoms with van der Waals surface area (Å²) in [6, 6.07) is 6.35. The molecule has 0 unspecified atom stereocenters. The van der Waals surface area contributed by atoms with Crippen molar-refractivity contribution in [1.82, 2.24) is 19.5 Å². The van der Waals surface area contributed by atoms with Crippen LogP contribution in [-0.2, 0) is 12.4 Å². The molecule has 96 valence electrons. The molecule has 6 heteroatoms. The van der Waals surface area contributed by atoms with Gasteiger partial charge in [0.1, 0.15) is 18.0 Å². The summed E-state index contributed by atoms with van der Waals surface area (Å²) in [5.41, 5.74) is 2.30. The molecule has 0 saturated heterocycles. The molecular formula is C13H10ClFN4. The van der Waals surface area contributed by atoms with Crippen LogP contribution in [0, 0.1) is 5.82 Å². The summed E-state index contributed by atoms with van der Waals surface area (Å²) in [6.07, 6.45) is 3.18. The molecule has 0 N–H and O–H groups in total. The molecule has 0 radical (unpaired) electrons. The summed E-state index contributed by atoms with van der Waals surface area (Å²) in [4.78, 5) is 12.4. The molecule has 4 nitrogen and oxygen atoms in total. The highest BCUT2D eigenvalue weighted by Gasteiger charge is 2.11. The van der Waals surface area contributed by atoms with Crippen molar-refractivity contribution < 1.29 is 4.39 Å². The van der Waals surface area contributed by atoms with Gasteiger partial charge in [-0.05, 0) is 18.2 Å². The minimum absolute atomic E-state index is 0.265. The first-order valence-electron chi connectivity index (χ1n) is 5.73. The van der Waals surface area contributed by atoms with E-state index in [-0.39, 0.29) is 11.7 Å². The van der Waals surface area contributed by atoms with Crippen molar-refractivity contribution in [2.45, 2.75) is 12.4 Å². The number of hydrogen-bond donors (Lipinski definition) is 0. The summed E-state index contributed by atoms with van der Waals surface area (Å²) in [5.74, 6) is 0.655. The Morgan fingerprint density at radius 3 is 2.89 bits per heavy atom. The zero-order chi connectivity index (χ0) is 13.2. The lowest BCUT2D eigenvalue weighted by molar-refractivity contribution is 0.629. The molecular weight excluding hydrogens is 267 g/mol. The quantitative estimate of drug-likeness (QED) is 0.691. The number of aromatic nitrogens is 4. The highest BCUT2D eigenvalue weighted by atomic mass is 35.5. The maximum Gasteiger partial charge on any atom is 0.125 e. The highest BCUT2D eigenvalue weighted by Crippen LogP contribution is 2.19. The Kier molecular flexibility index (Phi) is 3.13. The van der Waals surface area contributed by atoms with Crippen LogP contribution in [-0.4, -0.2) is 19.5 Å². The smallest absolute Gasteiger partial charge is 0.125 e. The van der Waals surface area contributed by atoms with E-state index in [1.165, 1.54) is 18.5 Å². The second-order valence-electron chi connectivity index (χ2n) is 4.08. The Hall–Kier alpha value is -2.01. The number of benzene rings is 1. The van der Waals surface area contributed by atoms with Crippen molar-refractivity contribution in [1.29, 1.82) is 0 Å². The molecule has 0 fully saturated rings. The number of imidazole rings is 1. The maximum atomic E-state index is 13.2. The molecule has 3 rings (SSSR count). The van der Waals surface area contributed by atoms with Gasteiger partial charge in [0.15, 0.2) is 0 Å². The minimum Gasteiger partial charge on any atom is -0.321 e. The SMILES string of the molecule is Fc1ccc2c(c1)nc(CCl)n2Cc1ccncn1. The number of rotatable bonds is 3. The predicted octanol–water partition coefficient (Wildman–Crippen LogP) is 2.75. The fourth-order valence-corrected chi connectivity index (χ4v) is 2.21. The van der Waals surface area contributed by atoms with Crippen molar-refractivity contribution >= 4 is 22.6 Å². The second-order valence-corrected chi connectivity index (χ2v) is 4.35. The summed E-state index contributed by atoms with van der Waals surface area (Å²) in [5, 5.41) is 0. The predicted molar refractivity (Wildman–Crippen MR) is 70.4 cm³/mol. The molecule has 2 heterocycles. The molecule has 0 aliphatic carbocycles. The van der Waals surface area contributed by atoms with Crippen molar-refractivity contribution in [3.8, 4) is 0 Å². The first-order chi connectivity index (χ1) is 9.28. The van der Waals surface area contributed by atoms with E-state index < -0.39 is 0 Å². The van der Waals surface area contributed by atoms with Crippen LogP contribution in [0.25, 0.3) is 11.0 Å². The Bertz CT molecular complexity index is 711. The van der Waals surface area contributed by atoms with E-state index in [0.29, 0.717) is 17.9 Å². The Morgan fingerprint density at radius 2 is 2.16 bits per heavy atom. The zero-order valence-electron chi connectivity index (χ0n) is 9.92. The number of nitrogens with zero attached hydrogens (tertiary/aromatic N) is 4. The van der Waals surface area contributed by atoms with Gasteiger partial charge < -0.3 is 4.57 Å². The largest absolute Gasteiger partial charge is 0.321 e. The summed E-state index contributed by atoms with van der Waals surface area (Å²) in [7, 11) is 0. The van der Waals surface area contributed by atoms with Crippen LogP contribution in [0.1, 0.15) is 11.5 Å². The second kappa shape index (κ2) is 4.93. The van der Waals surface area contributed by atoms with Gasteiger partial charge in [-0.25, -0.2) is 19.3 Å². The fraction of sp³-hybridized carbons (Fsp3) is 0.154. The molecule has 3 aromatic rings. The van der Waals surface area contributed by atoms with Gasteiger partial charge in [0.25, 0.3) is 0 Å². The number of halogens is 2. The normalized spacial score (nSPS) is 11.1. The molecule has 2 aromatic heterocycles. The van der Waals surface area contributed by atoms with Crippen LogP contribution in [0.5, 0.6) is 0 Å². The van der Waals surface area contributed by atoms with E-state index in [2.05, 4.69) is 15.0 Å². The third-order valence-corrected chi connectivity index (χ3v) is 3.11. The van der Waals surface area contributed by atoms with Gasteiger partial charge in [-0.3, -0.25) is 0 Å². The van der Waals surface area contributed by atoms with Gasteiger partial charge in [-0.1, -0.05) is 0 Å². The fourth-order valence-electron chi connectivity index (χ4n) is 2.00. The molecule has 0 aliphatic heterocycles. The summed E-state index contributed by atoms with van der Waals surface area (Å²) < 4.78 is 15.1. The minimum atomic E-state index is -0.305. The molecule has 0 amide bonds. The highest BCUT2D eigenvalue weighted by molar-refractivity contribution is 6.16. The third-order valence-electron chi connectivity index (χ3n) is 2.87. The van der Waals surface area contributed by atoms with E-state index in [4.69, 9.17) is 11.6 Å². The molecule has 0 atom stereocenters. The van der Waals surface area contributed by atoms with E-state index in [1.54, 1.807) is 12.3 Å². The monoisotopic (exact) mass is 276 g/mol. The zero-order valence-corrected chi connectivity index (χ0v) is 10.7. The van der Waals surface area contributed by atoms with Crippen LogP contribution in [0.15, 0.2) is 36.8 Å². The lowest BCUT2D eigenvalue weighted by atomic mass is 10.3. The van der Waals surface area contributed by atoms with E-state index in [0.717, 1.165) is 11.2 Å². The van der Waals surface area contributed by atoms with Gasteiger partial charge in [0, 0.05) is 12.3 Å². The molecule has 19 heavy (non-hydrogen) atoms. The average Bonchev–Trinajstić information content (AvgIpc) is 2.77. The summed E-state index contributed by atoms with van der Waals surface area (Å²) in [6.45, 7) is 0.534.